The highest BCUT2D eigenvalue weighted by Gasteiger charge is 2.35. The minimum absolute atomic E-state index is 0.0227. The number of aliphatic hydroxyl groups excluding tert-OH is 2. The molecule has 0 aromatic rings. The fourth-order valence-corrected chi connectivity index (χ4v) is 3.79. The van der Waals surface area contributed by atoms with Gasteiger partial charge in [0.15, 0.2) is 6.29 Å². The van der Waals surface area contributed by atoms with Gasteiger partial charge in [0, 0.05) is 12.8 Å². The molecule has 5 atom stereocenters. The number of carbonyl (C=O) groups is 2. The number of hydrogen-bond acceptors (Lipinski definition) is 6. The lowest BCUT2D eigenvalue weighted by molar-refractivity contribution is -0.273. The van der Waals surface area contributed by atoms with Crippen LogP contribution >= 0.6 is 0 Å². The van der Waals surface area contributed by atoms with Crippen LogP contribution in [0.4, 0.5) is 0 Å². The lowest BCUT2D eigenvalue weighted by Crippen LogP contribution is -2.48. The van der Waals surface area contributed by atoms with Crippen LogP contribution < -0.4 is 0 Å². The first-order chi connectivity index (χ1) is 14.3. The molecule has 1 rings (SSSR count). The van der Waals surface area contributed by atoms with Gasteiger partial charge in [-0.3, -0.25) is 9.59 Å². The van der Waals surface area contributed by atoms with E-state index in [2.05, 4.69) is 0 Å². The summed E-state index contributed by atoms with van der Waals surface area (Å²) in [5.74, 6) is -1.20. The molecule has 30 heavy (non-hydrogen) atoms. The molecule has 3 N–H and O–H groups in total. The van der Waals surface area contributed by atoms with E-state index < -0.39 is 24.5 Å². The molecule has 0 amide bonds. The SMILES string of the molecule is C[C@H](CCCCCCCCCCCCC(=O)CC(=O)O)O[C@@H]1O[C@@H](C)[C@H](O)C[C@H]1O. The van der Waals surface area contributed by atoms with Crippen molar-refractivity contribution in [2.24, 2.45) is 0 Å². The normalized spacial score (nSPS) is 25.2. The smallest absolute Gasteiger partial charge is 0.310 e. The minimum atomic E-state index is -1.03. The molecule has 176 valence electrons. The van der Waals surface area contributed by atoms with Gasteiger partial charge in [-0.25, -0.2) is 0 Å². The maximum Gasteiger partial charge on any atom is 0.310 e. The number of Topliss-reactive ketones (excluding diaryl/α,β-unsaturated/α-hetero) is 1. The van der Waals surface area contributed by atoms with Gasteiger partial charge >= 0.3 is 5.97 Å². The molecule has 0 aromatic carbocycles. The highest BCUT2D eigenvalue weighted by atomic mass is 16.7. The van der Waals surface area contributed by atoms with Gasteiger partial charge in [-0.05, 0) is 26.7 Å². The fourth-order valence-electron chi connectivity index (χ4n) is 3.79. The van der Waals surface area contributed by atoms with Gasteiger partial charge in [-0.2, -0.15) is 0 Å². The molecule has 1 fully saturated rings. The highest BCUT2D eigenvalue weighted by molar-refractivity contribution is 5.94. The summed E-state index contributed by atoms with van der Waals surface area (Å²) in [6, 6.07) is 0. The van der Waals surface area contributed by atoms with Crippen molar-refractivity contribution in [2.75, 3.05) is 0 Å². The van der Waals surface area contributed by atoms with Crippen molar-refractivity contribution in [3.63, 3.8) is 0 Å². The van der Waals surface area contributed by atoms with E-state index in [1.165, 1.54) is 38.5 Å². The number of carboxylic acids is 1. The van der Waals surface area contributed by atoms with Crippen LogP contribution in [0.3, 0.4) is 0 Å². The van der Waals surface area contributed by atoms with E-state index in [9.17, 15) is 19.8 Å². The van der Waals surface area contributed by atoms with Crippen LogP contribution in [0.25, 0.3) is 0 Å². The Hall–Kier alpha value is -1.02. The van der Waals surface area contributed by atoms with Gasteiger partial charge in [-0.1, -0.05) is 57.8 Å². The van der Waals surface area contributed by atoms with Crippen molar-refractivity contribution < 1.29 is 34.4 Å². The molecule has 7 heteroatoms. The van der Waals surface area contributed by atoms with Crippen LogP contribution in [0.15, 0.2) is 0 Å². The highest BCUT2D eigenvalue weighted by Crippen LogP contribution is 2.23. The topological polar surface area (TPSA) is 113 Å². The van der Waals surface area contributed by atoms with Crippen LogP contribution in [-0.4, -0.2) is 57.8 Å². The number of rotatable bonds is 17. The summed E-state index contributed by atoms with van der Waals surface area (Å²) in [6.45, 7) is 3.79. The van der Waals surface area contributed by atoms with E-state index in [1.807, 2.05) is 6.92 Å². The zero-order valence-corrected chi connectivity index (χ0v) is 18.8. The molecule has 1 aliphatic rings. The Labute approximate surface area is 181 Å². The summed E-state index contributed by atoms with van der Waals surface area (Å²) >= 11 is 0. The molecule has 0 spiro atoms. The van der Waals surface area contributed by atoms with E-state index in [1.54, 1.807) is 6.92 Å². The van der Waals surface area contributed by atoms with Crippen molar-refractivity contribution in [3.05, 3.63) is 0 Å². The number of ether oxygens (including phenoxy) is 2. The molecular formula is C23H42O7. The van der Waals surface area contributed by atoms with E-state index >= 15 is 0 Å². The third-order valence-electron chi connectivity index (χ3n) is 5.72. The Bertz CT molecular complexity index is 482. The number of carboxylic acid groups (broad SMARTS) is 1. The molecule has 0 unspecified atom stereocenters. The predicted molar refractivity (Wildman–Crippen MR) is 114 cm³/mol. The second kappa shape index (κ2) is 15.7. The van der Waals surface area contributed by atoms with Crippen molar-refractivity contribution >= 4 is 11.8 Å². The first-order valence-electron chi connectivity index (χ1n) is 11.7. The summed E-state index contributed by atoms with van der Waals surface area (Å²) in [5.41, 5.74) is 0. The van der Waals surface area contributed by atoms with Crippen LogP contribution in [0.5, 0.6) is 0 Å². The number of unbranched alkanes of at least 4 members (excludes halogenated alkanes) is 9. The molecule has 1 saturated heterocycles. The third kappa shape index (κ3) is 12.6. The van der Waals surface area contributed by atoms with E-state index in [0.29, 0.717) is 12.8 Å². The second-order valence-corrected chi connectivity index (χ2v) is 8.71. The van der Waals surface area contributed by atoms with Crippen LogP contribution in [0.2, 0.25) is 0 Å². The zero-order valence-electron chi connectivity index (χ0n) is 18.8. The Kier molecular flexibility index (Phi) is 14.2. The average Bonchev–Trinajstić information content (AvgIpc) is 2.66. The first kappa shape index (κ1) is 27.0. The monoisotopic (exact) mass is 430 g/mol. The van der Waals surface area contributed by atoms with Gasteiger partial charge in [0.2, 0.25) is 0 Å². The Morgan fingerprint density at radius 1 is 0.933 bits per heavy atom. The van der Waals surface area contributed by atoms with Gasteiger partial charge in [0.1, 0.15) is 18.3 Å². The summed E-state index contributed by atoms with van der Waals surface area (Å²) in [7, 11) is 0. The maximum atomic E-state index is 11.3. The summed E-state index contributed by atoms with van der Waals surface area (Å²) in [4.78, 5) is 21.7. The van der Waals surface area contributed by atoms with E-state index in [-0.39, 0.29) is 24.4 Å². The first-order valence-corrected chi connectivity index (χ1v) is 11.7. The van der Waals surface area contributed by atoms with Crippen LogP contribution in [0, 0.1) is 0 Å². The molecule has 0 saturated carbocycles. The largest absolute Gasteiger partial charge is 0.481 e. The van der Waals surface area contributed by atoms with Gasteiger partial charge in [-0.15, -0.1) is 0 Å². The van der Waals surface area contributed by atoms with Crippen molar-refractivity contribution in [1.29, 1.82) is 0 Å². The quantitative estimate of drug-likeness (QED) is 0.236. The lowest BCUT2D eigenvalue weighted by atomic mass is 10.0. The van der Waals surface area contributed by atoms with Gasteiger partial charge in [0.25, 0.3) is 0 Å². The number of hydrogen-bond donors (Lipinski definition) is 3. The number of carbonyl (C=O) groups excluding carboxylic acids is 1. The fraction of sp³-hybridized carbons (Fsp3) is 0.913. The summed E-state index contributed by atoms with van der Waals surface area (Å²) in [6.07, 6.45) is 10.2. The maximum absolute atomic E-state index is 11.3. The van der Waals surface area contributed by atoms with Crippen molar-refractivity contribution in [2.45, 2.75) is 134 Å². The van der Waals surface area contributed by atoms with Gasteiger partial charge < -0.3 is 24.8 Å². The third-order valence-corrected chi connectivity index (χ3v) is 5.72. The molecule has 0 aliphatic carbocycles. The van der Waals surface area contributed by atoms with Gasteiger partial charge in [0.05, 0.1) is 18.3 Å². The summed E-state index contributed by atoms with van der Waals surface area (Å²) < 4.78 is 11.4. The Morgan fingerprint density at radius 3 is 2.03 bits per heavy atom. The Balaban J connectivity index is 1.89. The molecule has 0 aromatic heterocycles. The second-order valence-electron chi connectivity index (χ2n) is 8.71. The number of aliphatic carboxylic acids is 1. The lowest BCUT2D eigenvalue weighted by Gasteiger charge is -2.36. The van der Waals surface area contributed by atoms with Crippen LogP contribution in [0.1, 0.15) is 104 Å². The predicted octanol–water partition coefficient (Wildman–Crippen LogP) is 3.97. The molecule has 0 bridgehead atoms. The van der Waals surface area contributed by atoms with E-state index in [0.717, 1.165) is 32.1 Å². The molecule has 0 radical (unpaired) electrons. The molecule has 7 nitrogen and oxygen atoms in total. The molecule has 1 heterocycles. The molecular weight excluding hydrogens is 388 g/mol. The van der Waals surface area contributed by atoms with Crippen molar-refractivity contribution in [1.82, 2.24) is 0 Å². The van der Waals surface area contributed by atoms with E-state index in [4.69, 9.17) is 14.6 Å². The van der Waals surface area contributed by atoms with Crippen LogP contribution in [-0.2, 0) is 19.1 Å². The molecule has 1 aliphatic heterocycles. The standard InChI is InChI=1S/C23H42O7/c1-17(29-23-21(26)16-20(25)18(2)30-23)13-11-9-7-5-3-4-6-8-10-12-14-19(24)15-22(27)28/h17-18,20-21,23,25-26H,3-16H2,1-2H3,(H,27,28)/t17-,18+,20-,21-,23-/m1/s1. The average molecular weight is 431 g/mol. The number of ketones is 1. The zero-order chi connectivity index (χ0) is 22.4. The summed E-state index contributed by atoms with van der Waals surface area (Å²) in [5, 5.41) is 28.2. The van der Waals surface area contributed by atoms with Crippen molar-refractivity contribution in [3.8, 4) is 0 Å². The minimum Gasteiger partial charge on any atom is -0.481 e. The number of aliphatic hydroxyl groups is 2. The Morgan fingerprint density at radius 2 is 1.47 bits per heavy atom.